The Bertz CT molecular complexity index is 79.6. The summed E-state index contributed by atoms with van der Waals surface area (Å²) < 4.78 is 0. The van der Waals surface area contributed by atoms with Crippen LogP contribution in [0.5, 0.6) is 0 Å². The van der Waals surface area contributed by atoms with E-state index >= 15 is 0 Å². The zero-order valence-corrected chi connectivity index (χ0v) is 7.84. The Kier molecular flexibility index (Phi) is 6.57. The van der Waals surface area contributed by atoms with Crippen LogP contribution in [0, 0.1) is 5.92 Å². The van der Waals surface area contributed by atoms with Crippen LogP contribution in [0.4, 0.5) is 0 Å². The number of nitrogens with two attached hydrogens (primary N) is 2. The molecule has 0 rings (SSSR count). The summed E-state index contributed by atoms with van der Waals surface area (Å²) in [5.74, 6) is 0.696. The lowest BCUT2D eigenvalue weighted by molar-refractivity contribution is 0.373. The average molecular weight is 158 g/mol. The lowest BCUT2D eigenvalue weighted by atomic mass is 9.92. The maximum Gasteiger partial charge on any atom is 0.00674 e. The van der Waals surface area contributed by atoms with Crippen LogP contribution in [-0.4, -0.2) is 12.6 Å². The zero-order valence-electron chi connectivity index (χ0n) is 7.84. The van der Waals surface area contributed by atoms with Gasteiger partial charge in [0.15, 0.2) is 0 Å². The molecule has 0 aliphatic rings. The molecule has 0 aliphatic heterocycles. The molecule has 0 aromatic rings. The van der Waals surface area contributed by atoms with Gasteiger partial charge in [-0.3, -0.25) is 0 Å². The summed E-state index contributed by atoms with van der Waals surface area (Å²) >= 11 is 0. The van der Waals surface area contributed by atoms with E-state index in [0.717, 1.165) is 19.4 Å². The summed E-state index contributed by atoms with van der Waals surface area (Å²) in [6.07, 6.45) is 4.55. The van der Waals surface area contributed by atoms with Crippen molar-refractivity contribution in [3.05, 3.63) is 0 Å². The highest BCUT2D eigenvalue weighted by Crippen LogP contribution is 2.14. The van der Waals surface area contributed by atoms with E-state index in [-0.39, 0.29) is 0 Å². The molecule has 0 aliphatic carbocycles. The topological polar surface area (TPSA) is 52.0 Å². The minimum Gasteiger partial charge on any atom is -0.330 e. The Labute approximate surface area is 70.3 Å². The molecule has 2 heteroatoms. The van der Waals surface area contributed by atoms with Crippen molar-refractivity contribution in [3.63, 3.8) is 0 Å². The second kappa shape index (κ2) is 6.62. The molecule has 0 aromatic carbocycles. The first-order valence-corrected chi connectivity index (χ1v) is 4.71. The average Bonchev–Trinajstić information content (AvgIpc) is 2.03. The van der Waals surface area contributed by atoms with Crippen LogP contribution >= 0.6 is 0 Å². The summed E-state index contributed by atoms with van der Waals surface area (Å²) in [4.78, 5) is 0. The van der Waals surface area contributed by atoms with Gasteiger partial charge >= 0.3 is 0 Å². The first-order chi connectivity index (χ1) is 5.26. The molecule has 68 valence electrons. The minimum absolute atomic E-state index is 0.369. The van der Waals surface area contributed by atoms with Gasteiger partial charge in [-0.25, -0.2) is 0 Å². The predicted molar refractivity (Wildman–Crippen MR) is 50.3 cm³/mol. The van der Waals surface area contributed by atoms with Crippen molar-refractivity contribution in [2.75, 3.05) is 6.54 Å². The molecule has 2 nitrogen and oxygen atoms in total. The van der Waals surface area contributed by atoms with Crippen LogP contribution in [0.1, 0.15) is 39.5 Å². The van der Waals surface area contributed by atoms with Crippen molar-refractivity contribution in [1.82, 2.24) is 0 Å². The molecule has 4 N–H and O–H groups in total. The number of hydrogen-bond acceptors (Lipinski definition) is 2. The maximum atomic E-state index is 5.97. The summed E-state index contributed by atoms with van der Waals surface area (Å²) in [5.41, 5.74) is 11.4. The molecule has 0 aromatic heterocycles. The van der Waals surface area contributed by atoms with Gasteiger partial charge < -0.3 is 11.5 Å². The van der Waals surface area contributed by atoms with Gasteiger partial charge in [0.1, 0.15) is 0 Å². The predicted octanol–water partition coefficient (Wildman–Crippen LogP) is 1.49. The van der Waals surface area contributed by atoms with Crippen LogP contribution in [0.2, 0.25) is 0 Å². The third kappa shape index (κ3) is 4.38. The zero-order chi connectivity index (χ0) is 8.69. The molecule has 11 heavy (non-hydrogen) atoms. The molecular weight excluding hydrogens is 136 g/mol. The smallest absolute Gasteiger partial charge is 0.00674 e. The van der Waals surface area contributed by atoms with Gasteiger partial charge in [-0.05, 0) is 25.3 Å². The molecule has 0 heterocycles. The Morgan fingerprint density at radius 2 is 1.73 bits per heavy atom. The quantitative estimate of drug-likeness (QED) is 0.615. The Morgan fingerprint density at radius 1 is 1.18 bits per heavy atom. The van der Waals surface area contributed by atoms with E-state index in [9.17, 15) is 0 Å². The van der Waals surface area contributed by atoms with E-state index in [2.05, 4.69) is 13.8 Å². The summed E-state index contributed by atoms with van der Waals surface area (Å²) in [6.45, 7) is 5.18. The van der Waals surface area contributed by atoms with Crippen molar-refractivity contribution in [3.8, 4) is 0 Å². The second-order valence-corrected chi connectivity index (χ2v) is 3.17. The van der Waals surface area contributed by atoms with E-state index in [1.807, 2.05) is 0 Å². The molecule has 0 spiro atoms. The maximum absolute atomic E-state index is 5.97. The molecule has 0 amide bonds. The minimum atomic E-state index is 0.369. The summed E-state index contributed by atoms with van der Waals surface area (Å²) in [7, 11) is 0. The number of hydrogen-bond donors (Lipinski definition) is 2. The highest BCUT2D eigenvalue weighted by Gasteiger charge is 2.12. The monoisotopic (exact) mass is 158 g/mol. The van der Waals surface area contributed by atoms with E-state index in [1.165, 1.54) is 12.8 Å². The molecule has 0 saturated heterocycles. The van der Waals surface area contributed by atoms with Gasteiger partial charge in [0.05, 0.1) is 0 Å². The van der Waals surface area contributed by atoms with Crippen LogP contribution < -0.4 is 11.5 Å². The molecule has 0 fully saturated rings. The van der Waals surface area contributed by atoms with Gasteiger partial charge in [-0.1, -0.05) is 26.7 Å². The molecule has 1 unspecified atom stereocenters. The Morgan fingerprint density at radius 3 is 2.09 bits per heavy atom. The molecule has 1 atom stereocenters. The molecule has 0 bridgehead atoms. The second-order valence-electron chi connectivity index (χ2n) is 3.17. The third-order valence-electron chi connectivity index (χ3n) is 2.40. The fourth-order valence-electron chi connectivity index (χ4n) is 1.48. The fourth-order valence-corrected chi connectivity index (χ4v) is 1.48. The molecular formula is C9H22N2. The van der Waals surface area contributed by atoms with E-state index < -0.39 is 0 Å². The van der Waals surface area contributed by atoms with E-state index in [1.54, 1.807) is 0 Å². The first kappa shape index (κ1) is 10.9. The summed E-state index contributed by atoms with van der Waals surface area (Å²) in [6, 6.07) is 0.369. The molecule has 0 saturated carbocycles. The lowest BCUT2D eigenvalue weighted by Gasteiger charge is -2.20. The Hall–Kier alpha value is -0.0800. The number of rotatable bonds is 6. The van der Waals surface area contributed by atoms with Gasteiger partial charge in [0.25, 0.3) is 0 Å². The van der Waals surface area contributed by atoms with Gasteiger partial charge in [0.2, 0.25) is 0 Å². The standard InChI is InChI=1S/C9H22N2/c1-3-8(4-2)9(11)6-5-7-10/h8-9H,3-7,10-11H2,1-2H3. The fraction of sp³-hybridized carbons (Fsp3) is 1.00. The van der Waals surface area contributed by atoms with Crippen molar-refractivity contribution in [2.45, 2.75) is 45.6 Å². The SMILES string of the molecule is CCC(CC)C(N)CCCN. The lowest BCUT2D eigenvalue weighted by Crippen LogP contribution is -2.29. The van der Waals surface area contributed by atoms with E-state index in [4.69, 9.17) is 11.5 Å². The van der Waals surface area contributed by atoms with Gasteiger partial charge in [0, 0.05) is 6.04 Å². The Balaban J connectivity index is 3.51. The highest BCUT2D eigenvalue weighted by molar-refractivity contribution is 4.70. The highest BCUT2D eigenvalue weighted by atomic mass is 14.6. The van der Waals surface area contributed by atoms with Crippen LogP contribution in [0.15, 0.2) is 0 Å². The van der Waals surface area contributed by atoms with Crippen LogP contribution in [0.25, 0.3) is 0 Å². The van der Waals surface area contributed by atoms with Crippen molar-refractivity contribution < 1.29 is 0 Å². The summed E-state index contributed by atoms with van der Waals surface area (Å²) in [5, 5.41) is 0. The van der Waals surface area contributed by atoms with Crippen molar-refractivity contribution >= 4 is 0 Å². The van der Waals surface area contributed by atoms with Crippen LogP contribution in [0.3, 0.4) is 0 Å². The first-order valence-electron chi connectivity index (χ1n) is 4.71. The van der Waals surface area contributed by atoms with Crippen molar-refractivity contribution in [1.29, 1.82) is 0 Å². The van der Waals surface area contributed by atoms with E-state index in [0.29, 0.717) is 12.0 Å². The van der Waals surface area contributed by atoms with Crippen molar-refractivity contribution in [2.24, 2.45) is 17.4 Å². The normalized spacial score (nSPS) is 13.9. The third-order valence-corrected chi connectivity index (χ3v) is 2.40. The van der Waals surface area contributed by atoms with Gasteiger partial charge in [-0.15, -0.1) is 0 Å². The van der Waals surface area contributed by atoms with Gasteiger partial charge in [-0.2, -0.15) is 0 Å². The molecule has 0 radical (unpaired) electrons. The van der Waals surface area contributed by atoms with Crippen LogP contribution in [-0.2, 0) is 0 Å². The largest absolute Gasteiger partial charge is 0.330 e.